The summed E-state index contributed by atoms with van der Waals surface area (Å²) in [4.78, 5) is 23.8. The molecule has 0 aromatic heterocycles. The molecule has 0 aromatic carbocycles. The van der Waals surface area contributed by atoms with E-state index in [-0.39, 0.29) is 17.4 Å². The summed E-state index contributed by atoms with van der Waals surface area (Å²) in [6, 6.07) is -0.154. The quantitative estimate of drug-likeness (QED) is 0.785. The summed E-state index contributed by atoms with van der Waals surface area (Å²) in [5, 5.41) is 11.5. The summed E-state index contributed by atoms with van der Waals surface area (Å²) in [5.74, 6) is -0.833. The van der Waals surface area contributed by atoms with E-state index in [0.717, 1.165) is 0 Å². The summed E-state index contributed by atoms with van der Waals surface area (Å²) in [5.41, 5.74) is 0.159. The lowest BCUT2D eigenvalue weighted by Crippen LogP contribution is -2.56. The molecule has 2 N–H and O–H groups in total. The van der Waals surface area contributed by atoms with E-state index in [9.17, 15) is 9.59 Å². The smallest absolute Gasteiger partial charge is 0.317 e. The zero-order valence-electron chi connectivity index (χ0n) is 11.0. The van der Waals surface area contributed by atoms with Crippen molar-refractivity contribution >= 4 is 12.0 Å². The molecule has 5 nitrogen and oxygen atoms in total. The Morgan fingerprint density at radius 3 is 2.35 bits per heavy atom. The van der Waals surface area contributed by atoms with Gasteiger partial charge in [0.15, 0.2) is 0 Å². The molecule has 5 heteroatoms. The molecule has 98 valence electrons. The Kier molecular flexibility index (Phi) is 4.01. The number of carbonyl (C=O) groups is 2. The lowest BCUT2D eigenvalue weighted by atomic mass is 9.82. The number of rotatable bonds is 3. The van der Waals surface area contributed by atoms with Crippen LogP contribution in [0.1, 0.15) is 27.7 Å². The second kappa shape index (κ2) is 4.94. The van der Waals surface area contributed by atoms with Crippen LogP contribution in [-0.2, 0) is 4.79 Å². The number of hydrogen-bond acceptors (Lipinski definition) is 2. The van der Waals surface area contributed by atoms with E-state index in [1.165, 1.54) is 4.90 Å². The highest BCUT2D eigenvalue weighted by atomic mass is 16.4. The third-order valence-corrected chi connectivity index (χ3v) is 3.56. The highest BCUT2D eigenvalue weighted by Gasteiger charge is 2.35. The molecule has 1 fully saturated rings. The van der Waals surface area contributed by atoms with Gasteiger partial charge in [0.05, 0.1) is 5.92 Å². The van der Waals surface area contributed by atoms with Gasteiger partial charge in [0.2, 0.25) is 0 Å². The van der Waals surface area contributed by atoms with Crippen molar-refractivity contribution in [1.29, 1.82) is 0 Å². The number of carboxylic acids is 1. The van der Waals surface area contributed by atoms with Crippen LogP contribution in [0, 0.1) is 17.3 Å². The normalized spacial score (nSPS) is 18.5. The molecular weight excluding hydrogens is 220 g/mol. The van der Waals surface area contributed by atoms with Gasteiger partial charge in [0.25, 0.3) is 0 Å². The molecule has 0 spiro atoms. The highest BCUT2D eigenvalue weighted by molar-refractivity contribution is 5.79. The van der Waals surface area contributed by atoms with E-state index in [1.54, 1.807) is 0 Å². The minimum Gasteiger partial charge on any atom is -0.481 e. The zero-order chi connectivity index (χ0) is 13.2. The van der Waals surface area contributed by atoms with Gasteiger partial charge in [-0.25, -0.2) is 4.79 Å². The van der Waals surface area contributed by atoms with E-state index < -0.39 is 5.97 Å². The van der Waals surface area contributed by atoms with Crippen LogP contribution in [0.25, 0.3) is 0 Å². The van der Waals surface area contributed by atoms with Crippen LogP contribution in [0.2, 0.25) is 0 Å². The van der Waals surface area contributed by atoms with Gasteiger partial charge in [-0.3, -0.25) is 4.79 Å². The Morgan fingerprint density at radius 2 is 1.94 bits per heavy atom. The van der Waals surface area contributed by atoms with Crippen LogP contribution in [0.4, 0.5) is 4.79 Å². The van der Waals surface area contributed by atoms with Crippen molar-refractivity contribution in [2.75, 3.05) is 19.6 Å². The third-order valence-electron chi connectivity index (χ3n) is 3.56. The fraction of sp³-hybridized carbons (Fsp3) is 0.833. The van der Waals surface area contributed by atoms with Crippen LogP contribution in [0.15, 0.2) is 0 Å². The molecular formula is C12H22N2O3. The second-order valence-corrected chi connectivity index (χ2v) is 5.89. The average molecular weight is 242 g/mol. The zero-order valence-corrected chi connectivity index (χ0v) is 11.0. The molecule has 1 saturated heterocycles. The lowest BCUT2D eigenvalue weighted by Gasteiger charge is -2.37. The Bertz CT molecular complexity index is 303. The largest absolute Gasteiger partial charge is 0.481 e. The van der Waals surface area contributed by atoms with Gasteiger partial charge in [-0.15, -0.1) is 0 Å². The Balaban J connectivity index is 2.26. The number of carboxylic acid groups (broad SMARTS) is 1. The number of aliphatic carboxylic acids is 1. The average Bonchev–Trinajstić information content (AvgIpc) is 2.09. The van der Waals surface area contributed by atoms with E-state index in [0.29, 0.717) is 25.6 Å². The highest BCUT2D eigenvalue weighted by Crippen LogP contribution is 2.24. The van der Waals surface area contributed by atoms with Crippen LogP contribution < -0.4 is 5.32 Å². The van der Waals surface area contributed by atoms with Crippen molar-refractivity contribution < 1.29 is 14.7 Å². The van der Waals surface area contributed by atoms with Crippen molar-refractivity contribution in [2.24, 2.45) is 17.3 Å². The van der Waals surface area contributed by atoms with Crippen molar-refractivity contribution in [2.45, 2.75) is 27.7 Å². The minimum absolute atomic E-state index is 0.154. The molecule has 1 unspecified atom stereocenters. The van der Waals surface area contributed by atoms with Gasteiger partial charge < -0.3 is 15.3 Å². The number of amides is 2. The lowest BCUT2D eigenvalue weighted by molar-refractivity contribution is -0.146. The predicted octanol–water partition coefficient (Wildman–Crippen LogP) is 1.39. The molecule has 0 radical (unpaired) electrons. The Morgan fingerprint density at radius 1 is 1.41 bits per heavy atom. The SMILES string of the molecule is CC(CNC(=O)N1CC(C(=O)O)C1)C(C)(C)C. The number of likely N-dealkylation sites (tertiary alicyclic amines) is 1. The Labute approximate surface area is 102 Å². The molecule has 1 rings (SSSR count). The summed E-state index contributed by atoms with van der Waals surface area (Å²) >= 11 is 0. The van der Waals surface area contributed by atoms with Crippen molar-refractivity contribution in [3.05, 3.63) is 0 Å². The van der Waals surface area contributed by atoms with Crippen LogP contribution in [0.5, 0.6) is 0 Å². The minimum atomic E-state index is -0.822. The fourth-order valence-corrected chi connectivity index (χ4v) is 1.46. The summed E-state index contributed by atoms with van der Waals surface area (Å²) < 4.78 is 0. The summed E-state index contributed by atoms with van der Waals surface area (Å²) in [7, 11) is 0. The molecule has 0 bridgehead atoms. The van der Waals surface area contributed by atoms with Crippen LogP contribution in [0.3, 0.4) is 0 Å². The van der Waals surface area contributed by atoms with Crippen molar-refractivity contribution in [3.63, 3.8) is 0 Å². The molecule has 1 atom stereocenters. The molecule has 1 aliphatic rings. The van der Waals surface area contributed by atoms with Crippen LogP contribution >= 0.6 is 0 Å². The third kappa shape index (κ3) is 3.61. The number of nitrogens with one attached hydrogen (secondary N) is 1. The molecule has 1 aliphatic heterocycles. The van der Waals surface area contributed by atoms with E-state index in [1.807, 2.05) is 0 Å². The first-order chi connectivity index (χ1) is 7.71. The first kappa shape index (κ1) is 13.8. The topological polar surface area (TPSA) is 69.6 Å². The molecule has 0 saturated carbocycles. The standard InChI is InChI=1S/C12H22N2O3/c1-8(12(2,3)4)5-13-11(17)14-6-9(7-14)10(15)16/h8-9H,5-7H2,1-4H3,(H,13,17)(H,15,16). The maximum atomic E-state index is 11.6. The van der Waals surface area contributed by atoms with Crippen LogP contribution in [-0.4, -0.2) is 41.6 Å². The van der Waals surface area contributed by atoms with Crippen molar-refractivity contribution in [3.8, 4) is 0 Å². The molecule has 2 amide bonds. The van der Waals surface area contributed by atoms with Gasteiger partial charge in [0, 0.05) is 19.6 Å². The molecule has 17 heavy (non-hydrogen) atoms. The first-order valence-electron chi connectivity index (χ1n) is 5.97. The van der Waals surface area contributed by atoms with Gasteiger partial charge in [-0.1, -0.05) is 27.7 Å². The summed E-state index contributed by atoms with van der Waals surface area (Å²) in [6.07, 6.45) is 0. The van der Waals surface area contributed by atoms with Crippen molar-refractivity contribution in [1.82, 2.24) is 10.2 Å². The number of nitrogens with zero attached hydrogens (tertiary/aromatic N) is 1. The van der Waals surface area contributed by atoms with E-state index in [4.69, 9.17) is 5.11 Å². The van der Waals surface area contributed by atoms with Gasteiger partial charge in [-0.2, -0.15) is 0 Å². The Hall–Kier alpha value is -1.26. The van der Waals surface area contributed by atoms with Gasteiger partial charge in [-0.05, 0) is 11.3 Å². The molecule has 1 heterocycles. The number of urea groups is 1. The molecule has 0 aliphatic carbocycles. The number of hydrogen-bond donors (Lipinski definition) is 2. The van der Waals surface area contributed by atoms with Gasteiger partial charge in [0.1, 0.15) is 0 Å². The maximum absolute atomic E-state index is 11.6. The number of carbonyl (C=O) groups excluding carboxylic acids is 1. The summed E-state index contributed by atoms with van der Waals surface area (Å²) in [6.45, 7) is 9.76. The van der Waals surface area contributed by atoms with E-state index in [2.05, 4.69) is 33.0 Å². The monoisotopic (exact) mass is 242 g/mol. The maximum Gasteiger partial charge on any atom is 0.317 e. The second-order valence-electron chi connectivity index (χ2n) is 5.89. The fourth-order valence-electron chi connectivity index (χ4n) is 1.46. The predicted molar refractivity (Wildman–Crippen MR) is 64.7 cm³/mol. The first-order valence-corrected chi connectivity index (χ1v) is 5.97. The van der Waals surface area contributed by atoms with E-state index >= 15 is 0 Å². The van der Waals surface area contributed by atoms with Gasteiger partial charge >= 0.3 is 12.0 Å². The molecule has 0 aromatic rings.